The highest BCUT2D eigenvalue weighted by Crippen LogP contribution is 2.14. The molecule has 0 aromatic carbocycles. The second kappa shape index (κ2) is 2.75. The number of sulfone groups is 1. The van der Waals surface area contributed by atoms with Gasteiger partial charge in [0.2, 0.25) is 0 Å². The van der Waals surface area contributed by atoms with Gasteiger partial charge in [-0.05, 0) is 20.9 Å². The van der Waals surface area contributed by atoms with Crippen molar-refractivity contribution in [2.75, 3.05) is 18.6 Å². The summed E-state index contributed by atoms with van der Waals surface area (Å²) in [7, 11) is -0.780. The van der Waals surface area contributed by atoms with Crippen LogP contribution in [0.4, 0.5) is 0 Å². The van der Waals surface area contributed by atoms with E-state index in [0.29, 0.717) is 11.5 Å². The Balaban J connectivity index is 2.78. The van der Waals surface area contributed by atoms with Crippen LogP contribution in [0.1, 0.15) is 13.8 Å². The zero-order valence-corrected chi connectivity index (χ0v) is 8.06. The second-order valence-electron chi connectivity index (χ2n) is 3.44. The van der Waals surface area contributed by atoms with Gasteiger partial charge in [-0.15, -0.1) is 0 Å². The molecule has 0 saturated carbocycles. The molecule has 0 unspecified atom stereocenters. The van der Waals surface area contributed by atoms with Crippen molar-refractivity contribution in [2.45, 2.75) is 25.9 Å². The van der Waals surface area contributed by atoms with Crippen LogP contribution in [-0.4, -0.2) is 44.0 Å². The van der Waals surface area contributed by atoms with Gasteiger partial charge >= 0.3 is 0 Å². The summed E-state index contributed by atoms with van der Waals surface area (Å²) in [5.41, 5.74) is 0. The number of hydrogen-bond acceptors (Lipinski definition) is 3. The van der Waals surface area contributed by atoms with Crippen molar-refractivity contribution in [3.63, 3.8) is 0 Å². The highest BCUT2D eigenvalue weighted by molar-refractivity contribution is 7.91. The molecule has 66 valence electrons. The maximum absolute atomic E-state index is 11.2. The van der Waals surface area contributed by atoms with Crippen molar-refractivity contribution >= 4 is 9.84 Å². The topological polar surface area (TPSA) is 37.4 Å². The van der Waals surface area contributed by atoms with E-state index in [1.807, 2.05) is 20.9 Å². The zero-order chi connectivity index (χ0) is 8.65. The molecule has 0 N–H and O–H groups in total. The van der Waals surface area contributed by atoms with E-state index in [1.54, 1.807) is 0 Å². The molecule has 0 bridgehead atoms. The van der Waals surface area contributed by atoms with Crippen molar-refractivity contribution in [1.29, 1.82) is 0 Å². The van der Waals surface area contributed by atoms with Crippen LogP contribution in [0.2, 0.25) is 0 Å². The third kappa shape index (κ3) is 1.93. The van der Waals surface area contributed by atoms with Crippen LogP contribution in [0.15, 0.2) is 0 Å². The first-order chi connectivity index (χ1) is 4.92. The fraction of sp³-hybridized carbons (Fsp3) is 1.00. The predicted octanol–water partition coefficient (Wildman–Crippen LogP) is 0.124. The Morgan fingerprint density at radius 3 is 1.91 bits per heavy atom. The van der Waals surface area contributed by atoms with Crippen LogP contribution in [0.25, 0.3) is 0 Å². The summed E-state index contributed by atoms with van der Waals surface area (Å²) in [4.78, 5) is 2.11. The van der Waals surface area contributed by atoms with E-state index in [9.17, 15) is 8.42 Å². The van der Waals surface area contributed by atoms with Gasteiger partial charge in [0, 0.05) is 12.1 Å². The Hall–Kier alpha value is -0.0900. The summed E-state index contributed by atoms with van der Waals surface area (Å²) >= 11 is 0. The van der Waals surface area contributed by atoms with Gasteiger partial charge in [-0.25, -0.2) is 8.42 Å². The summed E-state index contributed by atoms with van der Waals surface area (Å²) in [6, 6.07) is 0.340. The lowest BCUT2D eigenvalue weighted by atomic mass is 10.2. The fourth-order valence-corrected chi connectivity index (χ4v) is 3.55. The Morgan fingerprint density at radius 1 is 1.18 bits per heavy atom. The number of hydrogen-bond donors (Lipinski definition) is 0. The molecule has 1 aliphatic rings. The SMILES string of the molecule is C[C@@H]1CS(=O)(=O)C[C@@H](C)N1C. The minimum Gasteiger partial charge on any atom is -0.299 e. The van der Waals surface area contributed by atoms with Crippen LogP contribution < -0.4 is 0 Å². The summed E-state index contributed by atoms with van der Waals surface area (Å²) in [6.45, 7) is 3.90. The van der Waals surface area contributed by atoms with Gasteiger partial charge in [-0.3, -0.25) is 4.90 Å². The zero-order valence-electron chi connectivity index (χ0n) is 7.24. The van der Waals surface area contributed by atoms with Gasteiger partial charge in [0.25, 0.3) is 0 Å². The van der Waals surface area contributed by atoms with Crippen molar-refractivity contribution in [1.82, 2.24) is 4.90 Å². The Kier molecular flexibility index (Phi) is 2.25. The highest BCUT2D eigenvalue weighted by atomic mass is 32.2. The van der Waals surface area contributed by atoms with Crippen molar-refractivity contribution in [3.05, 3.63) is 0 Å². The molecule has 1 aliphatic heterocycles. The molecule has 0 aliphatic carbocycles. The molecular formula is C7H15NO2S. The fourth-order valence-electron chi connectivity index (χ4n) is 1.47. The van der Waals surface area contributed by atoms with Crippen LogP contribution in [0, 0.1) is 0 Å². The lowest BCUT2D eigenvalue weighted by molar-refractivity contribution is 0.213. The largest absolute Gasteiger partial charge is 0.299 e. The molecular weight excluding hydrogens is 162 g/mol. The van der Waals surface area contributed by atoms with Gasteiger partial charge in [0.1, 0.15) is 0 Å². The van der Waals surface area contributed by atoms with Crippen LogP contribution >= 0.6 is 0 Å². The molecule has 0 aromatic rings. The molecule has 1 heterocycles. The number of rotatable bonds is 0. The minimum atomic E-state index is -2.76. The smallest absolute Gasteiger partial charge is 0.153 e. The molecule has 1 fully saturated rings. The standard InChI is InChI=1S/C7H15NO2S/c1-6-4-11(9,10)5-7(2)8(6)3/h6-7H,4-5H2,1-3H3/t6-,7-/m1/s1. The summed E-state index contributed by atoms with van der Waals surface area (Å²) in [5.74, 6) is 0.627. The van der Waals surface area contributed by atoms with E-state index in [4.69, 9.17) is 0 Å². The lowest BCUT2D eigenvalue weighted by Gasteiger charge is -2.35. The van der Waals surface area contributed by atoms with Crippen LogP contribution in [0.3, 0.4) is 0 Å². The van der Waals surface area contributed by atoms with E-state index >= 15 is 0 Å². The molecule has 0 aromatic heterocycles. The van der Waals surface area contributed by atoms with Crippen LogP contribution in [-0.2, 0) is 9.84 Å². The maximum Gasteiger partial charge on any atom is 0.153 e. The van der Waals surface area contributed by atoms with Gasteiger partial charge in [-0.2, -0.15) is 0 Å². The first-order valence-corrected chi connectivity index (χ1v) is 5.67. The lowest BCUT2D eigenvalue weighted by Crippen LogP contribution is -2.50. The van der Waals surface area contributed by atoms with E-state index in [2.05, 4.69) is 4.90 Å². The quantitative estimate of drug-likeness (QED) is 0.527. The predicted molar refractivity (Wildman–Crippen MR) is 45.3 cm³/mol. The van der Waals surface area contributed by atoms with E-state index < -0.39 is 9.84 Å². The first-order valence-electron chi connectivity index (χ1n) is 3.85. The molecule has 0 radical (unpaired) electrons. The van der Waals surface area contributed by atoms with Gasteiger partial charge < -0.3 is 0 Å². The molecule has 1 saturated heterocycles. The molecule has 1 rings (SSSR count). The molecule has 4 heteroatoms. The van der Waals surface area contributed by atoms with Crippen molar-refractivity contribution < 1.29 is 8.42 Å². The Bertz CT molecular complexity index is 217. The highest BCUT2D eigenvalue weighted by Gasteiger charge is 2.30. The summed E-state index contributed by atoms with van der Waals surface area (Å²) in [6.07, 6.45) is 0. The molecule has 11 heavy (non-hydrogen) atoms. The van der Waals surface area contributed by atoms with Gasteiger partial charge in [-0.1, -0.05) is 0 Å². The Labute approximate surface area is 68.3 Å². The summed E-state index contributed by atoms with van der Waals surface area (Å²) < 4.78 is 22.4. The molecule has 2 atom stereocenters. The van der Waals surface area contributed by atoms with Gasteiger partial charge in [0.15, 0.2) is 9.84 Å². The monoisotopic (exact) mass is 177 g/mol. The van der Waals surface area contributed by atoms with Crippen LogP contribution in [0.5, 0.6) is 0 Å². The molecule has 0 spiro atoms. The minimum absolute atomic E-state index is 0.170. The number of nitrogens with zero attached hydrogens (tertiary/aromatic N) is 1. The van der Waals surface area contributed by atoms with E-state index in [0.717, 1.165) is 0 Å². The van der Waals surface area contributed by atoms with E-state index in [-0.39, 0.29) is 12.1 Å². The maximum atomic E-state index is 11.2. The first kappa shape index (κ1) is 9.00. The normalized spacial score (nSPS) is 38.8. The van der Waals surface area contributed by atoms with Crippen molar-refractivity contribution in [3.8, 4) is 0 Å². The Morgan fingerprint density at radius 2 is 1.55 bits per heavy atom. The molecule has 0 amide bonds. The third-order valence-electron chi connectivity index (χ3n) is 2.38. The summed E-state index contributed by atoms with van der Waals surface area (Å²) in [5, 5.41) is 0. The molecule has 3 nitrogen and oxygen atoms in total. The average Bonchev–Trinajstić information content (AvgIpc) is 1.81. The van der Waals surface area contributed by atoms with Crippen molar-refractivity contribution in [2.24, 2.45) is 0 Å². The average molecular weight is 177 g/mol. The third-order valence-corrected chi connectivity index (χ3v) is 4.36. The van der Waals surface area contributed by atoms with Gasteiger partial charge in [0.05, 0.1) is 11.5 Å². The second-order valence-corrected chi connectivity index (χ2v) is 5.59. The van der Waals surface area contributed by atoms with E-state index in [1.165, 1.54) is 0 Å².